The largest absolute Gasteiger partial charge is 0.319 e. The van der Waals surface area contributed by atoms with Crippen molar-refractivity contribution in [3.63, 3.8) is 0 Å². The van der Waals surface area contributed by atoms with Gasteiger partial charge in [0, 0.05) is 18.7 Å². The first-order chi connectivity index (χ1) is 12.2. The number of carbonyl (C=O) groups is 1. The van der Waals surface area contributed by atoms with Crippen molar-refractivity contribution in [2.45, 2.75) is 32.6 Å². The molecule has 7 heteroatoms. The Morgan fingerprint density at radius 1 is 1.08 bits per heavy atom. The van der Waals surface area contributed by atoms with Gasteiger partial charge in [-0.15, -0.1) is 0 Å². The third-order valence-corrected chi connectivity index (χ3v) is 6.34. The summed E-state index contributed by atoms with van der Waals surface area (Å²) in [6.45, 7) is 7.65. The van der Waals surface area contributed by atoms with Crippen LogP contribution in [0, 0.1) is 19.7 Å². The molecular weight excluding hydrogens is 355 g/mol. The number of nitrogens with zero attached hydrogens (tertiary/aromatic N) is 1. The summed E-state index contributed by atoms with van der Waals surface area (Å²) in [5.74, 6) is -1.11. The molecule has 1 amide bonds. The molecule has 0 aliphatic heterocycles. The minimum Gasteiger partial charge on any atom is -0.319 e. The van der Waals surface area contributed by atoms with E-state index in [2.05, 4.69) is 5.32 Å². The summed E-state index contributed by atoms with van der Waals surface area (Å²) in [7, 11) is -3.70. The predicted molar refractivity (Wildman–Crippen MR) is 100 cm³/mol. The first kappa shape index (κ1) is 20.1. The molecule has 2 aromatic carbocycles. The highest BCUT2D eigenvalue weighted by Gasteiger charge is 2.24. The second-order valence-corrected chi connectivity index (χ2v) is 7.91. The molecule has 26 heavy (non-hydrogen) atoms. The maximum absolute atomic E-state index is 13.9. The highest BCUT2D eigenvalue weighted by atomic mass is 32.2. The summed E-state index contributed by atoms with van der Waals surface area (Å²) in [6.07, 6.45) is 0. The second-order valence-electron chi connectivity index (χ2n) is 6.01. The number of amides is 1. The lowest BCUT2D eigenvalue weighted by molar-refractivity contribution is 0.102. The van der Waals surface area contributed by atoms with E-state index < -0.39 is 21.7 Å². The van der Waals surface area contributed by atoms with Gasteiger partial charge >= 0.3 is 0 Å². The topological polar surface area (TPSA) is 66.5 Å². The molecule has 0 unspecified atom stereocenters. The van der Waals surface area contributed by atoms with Crippen molar-refractivity contribution in [2.24, 2.45) is 0 Å². The summed E-state index contributed by atoms with van der Waals surface area (Å²) >= 11 is 0. The van der Waals surface area contributed by atoms with Crippen molar-refractivity contribution in [1.29, 1.82) is 0 Å². The Morgan fingerprint density at radius 3 is 2.35 bits per heavy atom. The van der Waals surface area contributed by atoms with Gasteiger partial charge in [0.1, 0.15) is 5.82 Å². The summed E-state index contributed by atoms with van der Waals surface area (Å²) in [6, 6.07) is 8.85. The molecule has 2 aromatic rings. The third kappa shape index (κ3) is 4.11. The van der Waals surface area contributed by atoms with E-state index in [-0.39, 0.29) is 16.1 Å². The Balaban J connectivity index is 2.40. The Labute approximate surface area is 153 Å². The average Bonchev–Trinajstić information content (AvgIpc) is 2.59. The van der Waals surface area contributed by atoms with Crippen LogP contribution in [0.3, 0.4) is 0 Å². The smallest absolute Gasteiger partial charge is 0.255 e. The van der Waals surface area contributed by atoms with Crippen LogP contribution in [0.15, 0.2) is 41.3 Å². The van der Waals surface area contributed by atoms with Crippen LogP contribution in [-0.2, 0) is 10.0 Å². The number of hydrogen-bond donors (Lipinski definition) is 1. The molecule has 0 bridgehead atoms. The summed E-state index contributed by atoms with van der Waals surface area (Å²) in [5, 5.41) is 2.50. The Morgan fingerprint density at radius 2 is 1.73 bits per heavy atom. The number of anilines is 1. The number of benzene rings is 2. The van der Waals surface area contributed by atoms with E-state index in [1.54, 1.807) is 39.8 Å². The molecule has 0 fully saturated rings. The molecule has 140 valence electrons. The number of hydrogen-bond acceptors (Lipinski definition) is 3. The van der Waals surface area contributed by atoms with Gasteiger partial charge in [-0.3, -0.25) is 4.79 Å². The monoisotopic (exact) mass is 378 g/mol. The summed E-state index contributed by atoms with van der Waals surface area (Å²) in [4.78, 5) is 12.6. The van der Waals surface area contributed by atoms with Crippen molar-refractivity contribution in [3.8, 4) is 0 Å². The molecule has 0 saturated heterocycles. The molecule has 0 spiro atoms. The van der Waals surface area contributed by atoms with Crippen LogP contribution >= 0.6 is 0 Å². The molecule has 5 nitrogen and oxygen atoms in total. The van der Waals surface area contributed by atoms with Gasteiger partial charge in [0.15, 0.2) is 0 Å². The molecule has 0 aromatic heterocycles. The van der Waals surface area contributed by atoms with Gasteiger partial charge < -0.3 is 5.32 Å². The van der Waals surface area contributed by atoms with Crippen LogP contribution in [0.2, 0.25) is 0 Å². The number of sulfonamides is 1. The Kier molecular flexibility index (Phi) is 6.15. The molecule has 0 aliphatic rings. The van der Waals surface area contributed by atoms with E-state index in [0.717, 1.165) is 5.56 Å². The van der Waals surface area contributed by atoms with Crippen molar-refractivity contribution >= 4 is 21.6 Å². The van der Waals surface area contributed by atoms with Crippen LogP contribution in [0.4, 0.5) is 10.1 Å². The normalized spacial score (nSPS) is 11.6. The van der Waals surface area contributed by atoms with E-state index in [1.807, 2.05) is 0 Å². The minimum absolute atomic E-state index is 0.0590. The van der Waals surface area contributed by atoms with Crippen LogP contribution in [0.1, 0.15) is 35.3 Å². The number of rotatable bonds is 6. The molecule has 0 heterocycles. The van der Waals surface area contributed by atoms with Crippen LogP contribution < -0.4 is 5.32 Å². The van der Waals surface area contributed by atoms with Crippen molar-refractivity contribution in [1.82, 2.24) is 4.31 Å². The molecule has 0 saturated carbocycles. The first-order valence-corrected chi connectivity index (χ1v) is 9.83. The van der Waals surface area contributed by atoms with Gasteiger partial charge in [0.2, 0.25) is 10.0 Å². The fraction of sp³-hybridized carbons (Fsp3) is 0.316. The lowest BCUT2D eigenvalue weighted by atomic mass is 10.1. The fourth-order valence-electron chi connectivity index (χ4n) is 2.65. The van der Waals surface area contributed by atoms with E-state index >= 15 is 0 Å². The molecule has 2 rings (SSSR count). The predicted octanol–water partition coefficient (Wildman–Crippen LogP) is 3.73. The van der Waals surface area contributed by atoms with E-state index in [1.165, 1.54) is 28.6 Å². The summed E-state index contributed by atoms with van der Waals surface area (Å²) < 4.78 is 40.8. The van der Waals surface area contributed by atoms with Crippen molar-refractivity contribution < 1.29 is 17.6 Å². The zero-order valence-electron chi connectivity index (χ0n) is 15.3. The quantitative estimate of drug-likeness (QED) is 0.833. The number of halogens is 1. The minimum atomic E-state index is -3.70. The van der Waals surface area contributed by atoms with E-state index in [0.29, 0.717) is 18.7 Å². The highest BCUT2D eigenvalue weighted by Crippen LogP contribution is 2.23. The SMILES string of the molecule is CCN(CC)S(=O)(=O)c1cc(C(=O)Nc2cc(C)ccc2F)ccc1C. The maximum atomic E-state index is 13.9. The van der Waals surface area contributed by atoms with Crippen LogP contribution in [0.25, 0.3) is 0 Å². The molecule has 0 radical (unpaired) electrons. The van der Waals surface area contributed by atoms with Crippen molar-refractivity contribution in [2.75, 3.05) is 18.4 Å². The number of aryl methyl sites for hydroxylation is 2. The third-order valence-electron chi connectivity index (χ3n) is 4.14. The lowest BCUT2D eigenvalue weighted by Gasteiger charge is -2.20. The van der Waals surface area contributed by atoms with Gasteiger partial charge in [0.05, 0.1) is 10.6 Å². The number of nitrogens with one attached hydrogen (secondary N) is 1. The fourth-order valence-corrected chi connectivity index (χ4v) is 4.36. The van der Waals surface area contributed by atoms with E-state index in [4.69, 9.17) is 0 Å². The highest BCUT2D eigenvalue weighted by molar-refractivity contribution is 7.89. The van der Waals surface area contributed by atoms with Crippen LogP contribution in [0.5, 0.6) is 0 Å². The molecular formula is C19H23FN2O3S. The van der Waals surface area contributed by atoms with E-state index in [9.17, 15) is 17.6 Å². The Bertz CT molecular complexity index is 922. The number of carbonyl (C=O) groups excluding carboxylic acids is 1. The molecule has 0 atom stereocenters. The van der Waals surface area contributed by atoms with Gasteiger partial charge in [0.25, 0.3) is 5.91 Å². The zero-order chi connectivity index (χ0) is 19.5. The van der Waals surface area contributed by atoms with Crippen LogP contribution in [-0.4, -0.2) is 31.7 Å². The van der Waals surface area contributed by atoms with Gasteiger partial charge in [-0.1, -0.05) is 26.0 Å². The first-order valence-electron chi connectivity index (χ1n) is 8.39. The average molecular weight is 378 g/mol. The van der Waals surface area contributed by atoms with Gasteiger partial charge in [-0.05, 0) is 49.2 Å². The standard InChI is InChI=1S/C19H23FN2O3S/c1-5-22(6-2)26(24,25)18-12-15(9-8-14(18)4)19(23)21-17-11-13(3)7-10-16(17)20/h7-12H,5-6H2,1-4H3,(H,21,23). The summed E-state index contributed by atoms with van der Waals surface area (Å²) in [5.41, 5.74) is 1.57. The van der Waals surface area contributed by atoms with Gasteiger partial charge in [-0.2, -0.15) is 4.31 Å². The zero-order valence-corrected chi connectivity index (χ0v) is 16.2. The lowest BCUT2D eigenvalue weighted by Crippen LogP contribution is -2.31. The second kappa shape index (κ2) is 7.97. The van der Waals surface area contributed by atoms with Crippen molar-refractivity contribution in [3.05, 3.63) is 58.9 Å². The molecule has 0 aliphatic carbocycles. The maximum Gasteiger partial charge on any atom is 0.255 e. The Hall–Kier alpha value is -2.25. The van der Waals surface area contributed by atoms with Gasteiger partial charge in [-0.25, -0.2) is 12.8 Å². The molecule has 1 N–H and O–H groups in total.